The van der Waals surface area contributed by atoms with Gasteiger partial charge in [0.2, 0.25) is 5.91 Å². The molecule has 30 heavy (non-hydrogen) atoms. The van der Waals surface area contributed by atoms with Crippen LogP contribution in [-0.2, 0) is 11.3 Å². The molecule has 0 aliphatic heterocycles. The molecule has 0 atom stereocenters. The van der Waals surface area contributed by atoms with Gasteiger partial charge in [0.25, 0.3) is 5.56 Å². The van der Waals surface area contributed by atoms with Crippen LogP contribution < -0.4 is 15.6 Å². The second-order valence-corrected chi connectivity index (χ2v) is 7.28. The standard InChI is InChI=1S/C23H24ClN3O3/c1-3-30-19-10-7-17(8-11-19)20-12-13-23(29)27(26-20)14-4-5-22(28)25-21-15-18(24)9-6-16(21)2/h6-13,15H,3-5,14H2,1-2H3,(H,25,28). The topological polar surface area (TPSA) is 73.2 Å². The van der Waals surface area contributed by atoms with Crippen molar-refractivity contribution < 1.29 is 9.53 Å². The van der Waals surface area contributed by atoms with E-state index in [4.69, 9.17) is 16.3 Å². The van der Waals surface area contributed by atoms with Gasteiger partial charge in [-0.3, -0.25) is 9.59 Å². The summed E-state index contributed by atoms with van der Waals surface area (Å²) in [6.45, 7) is 4.79. The third-order valence-electron chi connectivity index (χ3n) is 4.58. The molecule has 0 aliphatic carbocycles. The summed E-state index contributed by atoms with van der Waals surface area (Å²) in [5.74, 6) is 0.659. The van der Waals surface area contributed by atoms with E-state index in [2.05, 4.69) is 10.4 Å². The number of carbonyl (C=O) groups is 1. The molecule has 1 aromatic heterocycles. The second kappa shape index (κ2) is 10.1. The first-order chi connectivity index (χ1) is 14.5. The first kappa shape index (κ1) is 21.6. The van der Waals surface area contributed by atoms with Crippen LogP contribution in [0.15, 0.2) is 59.4 Å². The van der Waals surface area contributed by atoms with Crippen LogP contribution >= 0.6 is 11.6 Å². The molecule has 0 radical (unpaired) electrons. The van der Waals surface area contributed by atoms with Crippen LogP contribution in [0.1, 0.15) is 25.3 Å². The smallest absolute Gasteiger partial charge is 0.266 e. The minimum atomic E-state index is -0.198. The molecule has 0 fully saturated rings. The van der Waals surface area contributed by atoms with E-state index in [-0.39, 0.29) is 17.9 Å². The number of anilines is 1. The zero-order chi connectivity index (χ0) is 21.5. The molecule has 2 aromatic carbocycles. The van der Waals surface area contributed by atoms with Crippen LogP contribution in [-0.4, -0.2) is 22.3 Å². The molecule has 1 amide bonds. The molecule has 0 aliphatic rings. The predicted octanol–water partition coefficient (Wildman–Crippen LogP) is 4.69. The molecule has 0 unspecified atom stereocenters. The fourth-order valence-corrected chi connectivity index (χ4v) is 3.15. The fourth-order valence-electron chi connectivity index (χ4n) is 2.98. The van der Waals surface area contributed by atoms with Gasteiger partial charge in [0, 0.05) is 35.3 Å². The van der Waals surface area contributed by atoms with Crippen molar-refractivity contribution in [1.82, 2.24) is 9.78 Å². The van der Waals surface area contributed by atoms with Crippen molar-refractivity contribution in [3.63, 3.8) is 0 Å². The Labute approximate surface area is 180 Å². The van der Waals surface area contributed by atoms with Crippen LogP contribution in [0.4, 0.5) is 5.69 Å². The number of carbonyl (C=O) groups excluding carboxylic acids is 1. The lowest BCUT2D eigenvalue weighted by atomic mass is 10.1. The van der Waals surface area contributed by atoms with E-state index in [1.807, 2.05) is 44.2 Å². The first-order valence-electron chi connectivity index (χ1n) is 9.83. The van der Waals surface area contributed by atoms with Crippen molar-refractivity contribution in [3.05, 3.63) is 75.5 Å². The van der Waals surface area contributed by atoms with Gasteiger partial charge in [-0.25, -0.2) is 4.68 Å². The quantitative estimate of drug-likeness (QED) is 0.568. The molecule has 7 heteroatoms. The Bertz CT molecular complexity index is 1080. The van der Waals surface area contributed by atoms with Crippen molar-refractivity contribution in [3.8, 4) is 17.0 Å². The monoisotopic (exact) mass is 425 g/mol. The number of aromatic nitrogens is 2. The molecule has 3 rings (SSSR count). The van der Waals surface area contributed by atoms with Gasteiger partial charge in [0.05, 0.1) is 12.3 Å². The lowest BCUT2D eigenvalue weighted by molar-refractivity contribution is -0.116. The molecule has 1 N–H and O–H groups in total. The van der Waals surface area contributed by atoms with Crippen LogP contribution in [0, 0.1) is 6.92 Å². The van der Waals surface area contributed by atoms with Crippen molar-refractivity contribution >= 4 is 23.2 Å². The summed E-state index contributed by atoms with van der Waals surface area (Å²) < 4.78 is 6.84. The molecule has 0 bridgehead atoms. The number of amides is 1. The van der Waals surface area contributed by atoms with E-state index in [9.17, 15) is 9.59 Å². The van der Waals surface area contributed by atoms with Crippen molar-refractivity contribution in [2.45, 2.75) is 33.2 Å². The average molecular weight is 426 g/mol. The van der Waals surface area contributed by atoms with E-state index in [0.717, 1.165) is 16.9 Å². The van der Waals surface area contributed by atoms with Crippen LogP contribution in [0.3, 0.4) is 0 Å². The summed E-state index contributed by atoms with van der Waals surface area (Å²) in [6.07, 6.45) is 0.762. The molecule has 0 saturated heterocycles. The van der Waals surface area contributed by atoms with Crippen molar-refractivity contribution in [2.75, 3.05) is 11.9 Å². The maximum Gasteiger partial charge on any atom is 0.266 e. The fraction of sp³-hybridized carbons (Fsp3) is 0.261. The summed E-state index contributed by atoms with van der Waals surface area (Å²) in [7, 11) is 0. The number of nitrogens with one attached hydrogen (secondary N) is 1. The minimum Gasteiger partial charge on any atom is -0.494 e. The molecule has 156 valence electrons. The summed E-state index contributed by atoms with van der Waals surface area (Å²) in [6, 6.07) is 16.1. The number of hydrogen-bond acceptors (Lipinski definition) is 4. The molecule has 3 aromatic rings. The van der Waals surface area contributed by atoms with Crippen LogP contribution in [0.25, 0.3) is 11.3 Å². The molecule has 6 nitrogen and oxygen atoms in total. The van der Waals surface area contributed by atoms with Gasteiger partial charge in [-0.15, -0.1) is 0 Å². The van der Waals surface area contributed by atoms with E-state index in [1.165, 1.54) is 10.7 Å². The summed E-state index contributed by atoms with van der Waals surface area (Å²) in [5.41, 5.74) is 3.02. The number of ether oxygens (including phenoxy) is 1. The van der Waals surface area contributed by atoms with Gasteiger partial charge in [-0.1, -0.05) is 17.7 Å². The minimum absolute atomic E-state index is 0.129. The summed E-state index contributed by atoms with van der Waals surface area (Å²) in [4.78, 5) is 24.4. The molecular formula is C23H24ClN3O3. The zero-order valence-corrected chi connectivity index (χ0v) is 17.8. The first-order valence-corrected chi connectivity index (χ1v) is 10.2. The number of rotatable bonds is 8. The largest absolute Gasteiger partial charge is 0.494 e. The number of hydrogen-bond donors (Lipinski definition) is 1. The van der Waals surface area contributed by atoms with Gasteiger partial charge in [0.15, 0.2) is 0 Å². The number of halogens is 1. The van der Waals surface area contributed by atoms with E-state index < -0.39 is 0 Å². The summed E-state index contributed by atoms with van der Waals surface area (Å²) in [5, 5.41) is 7.87. The highest BCUT2D eigenvalue weighted by molar-refractivity contribution is 6.31. The summed E-state index contributed by atoms with van der Waals surface area (Å²) >= 11 is 5.99. The number of nitrogens with zero attached hydrogens (tertiary/aromatic N) is 2. The predicted molar refractivity (Wildman–Crippen MR) is 119 cm³/mol. The average Bonchev–Trinajstić information content (AvgIpc) is 2.73. The van der Waals surface area contributed by atoms with Crippen molar-refractivity contribution in [2.24, 2.45) is 0 Å². The van der Waals surface area contributed by atoms with Gasteiger partial charge < -0.3 is 10.1 Å². The lowest BCUT2D eigenvalue weighted by Crippen LogP contribution is -2.23. The Hall–Kier alpha value is -3.12. The van der Waals surface area contributed by atoms with Crippen LogP contribution in [0.2, 0.25) is 5.02 Å². The normalized spacial score (nSPS) is 10.6. The van der Waals surface area contributed by atoms with E-state index >= 15 is 0 Å². The maximum absolute atomic E-state index is 12.3. The van der Waals surface area contributed by atoms with E-state index in [1.54, 1.807) is 18.2 Å². The van der Waals surface area contributed by atoms with Gasteiger partial charge in [0.1, 0.15) is 5.75 Å². The van der Waals surface area contributed by atoms with Gasteiger partial charge in [-0.2, -0.15) is 5.10 Å². The highest BCUT2D eigenvalue weighted by Crippen LogP contribution is 2.21. The Morgan fingerprint density at radius 2 is 1.90 bits per heavy atom. The Balaban J connectivity index is 1.61. The van der Waals surface area contributed by atoms with Crippen LogP contribution in [0.5, 0.6) is 5.75 Å². The molecule has 0 spiro atoms. The second-order valence-electron chi connectivity index (χ2n) is 6.85. The van der Waals surface area contributed by atoms with Gasteiger partial charge >= 0.3 is 0 Å². The van der Waals surface area contributed by atoms with E-state index in [0.29, 0.717) is 36.0 Å². The van der Waals surface area contributed by atoms with Crippen molar-refractivity contribution in [1.29, 1.82) is 0 Å². The molecular weight excluding hydrogens is 402 g/mol. The SMILES string of the molecule is CCOc1ccc(-c2ccc(=O)n(CCCC(=O)Nc3cc(Cl)ccc3C)n2)cc1. The Morgan fingerprint density at radius 3 is 2.63 bits per heavy atom. The Kier molecular flexibility index (Phi) is 7.25. The Morgan fingerprint density at radius 1 is 1.13 bits per heavy atom. The number of aryl methyl sites for hydroxylation is 2. The highest BCUT2D eigenvalue weighted by atomic mass is 35.5. The third kappa shape index (κ3) is 5.70. The maximum atomic E-state index is 12.3. The zero-order valence-electron chi connectivity index (χ0n) is 17.0. The number of benzene rings is 2. The lowest BCUT2D eigenvalue weighted by Gasteiger charge is -2.10. The van der Waals surface area contributed by atoms with Gasteiger partial charge in [-0.05, 0) is 68.3 Å². The highest BCUT2D eigenvalue weighted by Gasteiger charge is 2.08. The third-order valence-corrected chi connectivity index (χ3v) is 4.81. The molecule has 1 heterocycles. The molecule has 0 saturated carbocycles.